The molecule has 1 aromatic carbocycles. The van der Waals surface area contributed by atoms with Crippen LogP contribution in [0.3, 0.4) is 0 Å². The predicted octanol–water partition coefficient (Wildman–Crippen LogP) is 1.54. The predicted molar refractivity (Wildman–Crippen MR) is 48.4 cm³/mol. The molecule has 0 atom stereocenters. The van der Waals surface area contributed by atoms with Crippen LogP contribution in [0.5, 0.6) is 0 Å². The van der Waals surface area contributed by atoms with Gasteiger partial charge in [-0.25, -0.2) is 4.79 Å². The summed E-state index contributed by atoms with van der Waals surface area (Å²) >= 11 is 0. The van der Waals surface area contributed by atoms with Crippen molar-refractivity contribution in [1.82, 2.24) is 0 Å². The van der Waals surface area contributed by atoms with Gasteiger partial charge in [-0.15, -0.1) is 0 Å². The van der Waals surface area contributed by atoms with Crippen molar-refractivity contribution in [1.29, 1.82) is 0 Å². The third kappa shape index (κ3) is 8.06. The van der Waals surface area contributed by atoms with Gasteiger partial charge >= 0.3 is 12.1 Å². The molecule has 0 fully saturated rings. The Kier molecular flexibility index (Phi) is 5.53. The molecule has 76 valence electrons. The fourth-order valence-electron chi connectivity index (χ4n) is 0.770. The summed E-state index contributed by atoms with van der Waals surface area (Å²) < 4.78 is 0. The largest absolute Gasteiger partial charge is 0.503 e. The highest BCUT2D eigenvalue weighted by Crippen LogP contribution is 1.98. The Bertz CT molecular complexity index is 289. The van der Waals surface area contributed by atoms with Crippen molar-refractivity contribution in [3.63, 3.8) is 0 Å². The monoisotopic (exact) mass is 198 g/mol. The molecule has 1 rings (SSSR count). The first-order valence-corrected chi connectivity index (χ1v) is 3.70. The van der Waals surface area contributed by atoms with Gasteiger partial charge < -0.3 is 15.3 Å². The van der Waals surface area contributed by atoms with Gasteiger partial charge in [0.25, 0.3) is 0 Å². The van der Waals surface area contributed by atoms with Crippen molar-refractivity contribution in [2.75, 3.05) is 0 Å². The van der Waals surface area contributed by atoms with E-state index in [0.717, 1.165) is 5.56 Å². The van der Waals surface area contributed by atoms with Crippen LogP contribution in [0.4, 0.5) is 4.79 Å². The zero-order valence-electron chi connectivity index (χ0n) is 7.25. The molecular formula is C9H10O5. The van der Waals surface area contributed by atoms with Crippen LogP contribution in [-0.2, 0) is 11.2 Å². The van der Waals surface area contributed by atoms with Crippen molar-refractivity contribution >= 4 is 12.1 Å². The van der Waals surface area contributed by atoms with E-state index in [1.54, 1.807) is 12.1 Å². The van der Waals surface area contributed by atoms with Crippen LogP contribution in [0.1, 0.15) is 5.56 Å². The first-order valence-electron chi connectivity index (χ1n) is 3.70. The van der Waals surface area contributed by atoms with Crippen LogP contribution in [0.15, 0.2) is 30.3 Å². The second-order valence-corrected chi connectivity index (χ2v) is 2.34. The van der Waals surface area contributed by atoms with Crippen molar-refractivity contribution in [2.45, 2.75) is 6.42 Å². The molecule has 0 saturated carbocycles. The van der Waals surface area contributed by atoms with Gasteiger partial charge in [0.15, 0.2) is 0 Å². The SMILES string of the molecule is O=C(O)Cc1ccccc1.O=C(O)O. The maximum absolute atomic E-state index is 10.2. The summed E-state index contributed by atoms with van der Waals surface area (Å²) in [7, 11) is 0. The van der Waals surface area contributed by atoms with Gasteiger partial charge in [0.2, 0.25) is 0 Å². The van der Waals surface area contributed by atoms with E-state index < -0.39 is 12.1 Å². The molecular weight excluding hydrogens is 188 g/mol. The number of benzene rings is 1. The zero-order valence-corrected chi connectivity index (χ0v) is 7.25. The van der Waals surface area contributed by atoms with Crippen LogP contribution < -0.4 is 0 Å². The first-order chi connectivity index (χ1) is 6.52. The zero-order chi connectivity index (χ0) is 11.0. The summed E-state index contributed by atoms with van der Waals surface area (Å²) in [5, 5.41) is 22.3. The van der Waals surface area contributed by atoms with Gasteiger partial charge in [-0.05, 0) is 5.56 Å². The summed E-state index contributed by atoms with van der Waals surface area (Å²) in [4.78, 5) is 18.7. The highest BCUT2D eigenvalue weighted by molar-refractivity contribution is 5.70. The molecule has 0 unspecified atom stereocenters. The molecule has 5 heteroatoms. The number of hydrogen-bond acceptors (Lipinski definition) is 2. The molecule has 0 spiro atoms. The number of carboxylic acid groups (broad SMARTS) is 3. The Morgan fingerprint density at radius 2 is 1.43 bits per heavy atom. The molecule has 0 aliphatic heterocycles. The highest BCUT2D eigenvalue weighted by Gasteiger charge is 1.96. The van der Waals surface area contributed by atoms with Gasteiger partial charge in [0, 0.05) is 0 Å². The van der Waals surface area contributed by atoms with Crippen molar-refractivity contribution < 1.29 is 24.9 Å². The van der Waals surface area contributed by atoms with Crippen LogP contribution >= 0.6 is 0 Å². The Morgan fingerprint density at radius 1 is 1.00 bits per heavy atom. The lowest BCUT2D eigenvalue weighted by atomic mass is 10.2. The van der Waals surface area contributed by atoms with Gasteiger partial charge in [0.1, 0.15) is 0 Å². The number of rotatable bonds is 2. The molecule has 0 radical (unpaired) electrons. The third-order valence-electron chi connectivity index (χ3n) is 1.20. The van der Waals surface area contributed by atoms with Gasteiger partial charge in [0.05, 0.1) is 6.42 Å². The normalized spacial score (nSPS) is 8.29. The highest BCUT2D eigenvalue weighted by atomic mass is 16.6. The van der Waals surface area contributed by atoms with E-state index in [1.807, 2.05) is 18.2 Å². The topological polar surface area (TPSA) is 94.8 Å². The minimum Gasteiger partial charge on any atom is -0.481 e. The van der Waals surface area contributed by atoms with E-state index >= 15 is 0 Å². The molecule has 0 aliphatic rings. The Hall–Kier alpha value is -2.04. The summed E-state index contributed by atoms with van der Waals surface area (Å²) in [6, 6.07) is 9.13. The average molecular weight is 198 g/mol. The third-order valence-corrected chi connectivity index (χ3v) is 1.20. The minimum atomic E-state index is -1.83. The summed E-state index contributed by atoms with van der Waals surface area (Å²) in [6.07, 6.45) is -1.72. The Morgan fingerprint density at radius 3 is 1.79 bits per heavy atom. The standard InChI is InChI=1S/C8H8O2.CH2O3/c9-8(10)6-7-4-2-1-3-5-7;2-1(3)4/h1-5H,6H2,(H,9,10);(H2,2,3,4). The quantitative estimate of drug-likeness (QED) is 0.669. The number of carbonyl (C=O) groups is 2. The van der Waals surface area contributed by atoms with E-state index in [9.17, 15) is 4.79 Å². The number of carboxylic acids is 1. The molecule has 14 heavy (non-hydrogen) atoms. The maximum atomic E-state index is 10.2. The molecule has 0 bridgehead atoms. The maximum Gasteiger partial charge on any atom is 0.503 e. The Balaban J connectivity index is 0.000000364. The summed E-state index contributed by atoms with van der Waals surface area (Å²) in [6.45, 7) is 0. The second-order valence-electron chi connectivity index (χ2n) is 2.34. The van der Waals surface area contributed by atoms with E-state index in [-0.39, 0.29) is 6.42 Å². The number of hydrogen-bond donors (Lipinski definition) is 3. The molecule has 0 heterocycles. The fraction of sp³-hybridized carbons (Fsp3) is 0.111. The van der Waals surface area contributed by atoms with Crippen molar-refractivity contribution in [3.05, 3.63) is 35.9 Å². The van der Waals surface area contributed by atoms with Crippen molar-refractivity contribution in [2.24, 2.45) is 0 Å². The van der Waals surface area contributed by atoms with E-state index in [0.29, 0.717) is 0 Å². The molecule has 0 aliphatic carbocycles. The van der Waals surface area contributed by atoms with Crippen LogP contribution in [0.2, 0.25) is 0 Å². The smallest absolute Gasteiger partial charge is 0.481 e. The molecule has 0 amide bonds. The molecule has 1 aromatic rings. The van der Waals surface area contributed by atoms with E-state index in [4.69, 9.17) is 20.1 Å². The fourth-order valence-corrected chi connectivity index (χ4v) is 0.770. The summed E-state index contributed by atoms with van der Waals surface area (Å²) in [5.41, 5.74) is 0.843. The van der Waals surface area contributed by atoms with Gasteiger partial charge in [-0.3, -0.25) is 4.79 Å². The lowest BCUT2D eigenvalue weighted by Crippen LogP contribution is -1.98. The van der Waals surface area contributed by atoms with Crippen molar-refractivity contribution in [3.8, 4) is 0 Å². The molecule has 0 aromatic heterocycles. The lowest BCUT2D eigenvalue weighted by molar-refractivity contribution is -0.136. The van der Waals surface area contributed by atoms with Crippen LogP contribution in [0, 0.1) is 0 Å². The molecule has 5 nitrogen and oxygen atoms in total. The first kappa shape index (κ1) is 12.0. The van der Waals surface area contributed by atoms with E-state index in [1.165, 1.54) is 0 Å². The van der Waals surface area contributed by atoms with Gasteiger partial charge in [-0.1, -0.05) is 30.3 Å². The minimum absolute atomic E-state index is 0.112. The Labute approximate surface area is 80.2 Å². The summed E-state index contributed by atoms with van der Waals surface area (Å²) in [5.74, 6) is -0.786. The molecule has 0 saturated heterocycles. The average Bonchev–Trinajstić information content (AvgIpc) is 2.03. The lowest BCUT2D eigenvalue weighted by Gasteiger charge is -1.92. The number of aliphatic carboxylic acids is 1. The van der Waals surface area contributed by atoms with E-state index in [2.05, 4.69) is 0 Å². The van der Waals surface area contributed by atoms with Gasteiger partial charge in [-0.2, -0.15) is 0 Å². The van der Waals surface area contributed by atoms with Crippen LogP contribution in [0.25, 0.3) is 0 Å². The van der Waals surface area contributed by atoms with Crippen LogP contribution in [-0.4, -0.2) is 27.4 Å². The second kappa shape index (κ2) is 6.47. The molecule has 3 N–H and O–H groups in total.